The minimum Gasteiger partial charge on any atom is -0.342 e. The Balaban J connectivity index is 1.79. The van der Waals surface area contributed by atoms with E-state index in [0.717, 1.165) is 5.56 Å². The third-order valence-corrected chi connectivity index (χ3v) is 4.47. The molecule has 2 aromatic rings. The summed E-state index contributed by atoms with van der Waals surface area (Å²) in [6.07, 6.45) is 4.27. The molecule has 3 rings (SSSR count). The van der Waals surface area contributed by atoms with Crippen LogP contribution in [0.1, 0.15) is 12.0 Å². The van der Waals surface area contributed by atoms with Gasteiger partial charge in [-0.3, -0.25) is 0 Å². The second kappa shape index (κ2) is 5.54. The molecule has 2 aromatic carbocycles. The molecule has 5 heteroatoms. The zero-order chi connectivity index (χ0) is 14.7. The van der Waals surface area contributed by atoms with Crippen molar-refractivity contribution < 1.29 is 8.42 Å². The molecule has 21 heavy (non-hydrogen) atoms. The van der Waals surface area contributed by atoms with Gasteiger partial charge in [-0.2, -0.15) is 8.42 Å². The summed E-state index contributed by atoms with van der Waals surface area (Å²) in [5.41, 5.74) is 1.65. The van der Waals surface area contributed by atoms with Crippen LogP contribution in [0.25, 0.3) is 6.08 Å². The molecule has 1 N–H and O–H groups in total. The van der Waals surface area contributed by atoms with Gasteiger partial charge in [-0.05, 0) is 17.7 Å². The van der Waals surface area contributed by atoms with Gasteiger partial charge in [0.1, 0.15) is 10.7 Å². The first-order valence-corrected chi connectivity index (χ1v) is 8.01. The molecular weight excluding hydrogens is 284 g/mol. The number of amidine groups is 1. The maximum atomic E-state index is 12.1. The Hall–Kier alpha value is -2.40. The Morgan fingerprint density at radius 2 is 1.71 bits per heavy atom. The standard InChI is InChI=1S/C16H14N2O2S/c19-21(20)15-11-5-4-10-14(15)17-16(18-21)12-6-9-13-7-2-1-3-8-13/h1-11H,12H2,(H,17,18). The van der Waals surface area contributed by atoms with Crippen LogP contribution in [0.15, 0.2) is 70.0 Å². The fourth-order valence-corrected chi connectivity index (χ4v) is 3.28. The predicted octanol–water partition coefficient (Wildman–Crippen LogP) is 3.30. The number of hydrogen-bond acceptors (Lipinski definition) is 3. The molecule has 106 valence electrons. The summed E-state index contributed by atoms with van der Waals surface area (Å²) in [5, 5.41) is 3.06. The van der Waals surface area contributed by atoms with Crippen LogP contribution in [0.3, 0.4) is 0 Å². The number of benzene rings is 2. The summed E-state index contributed by atoms with van der Waals surface area (Å²) in [6.45, 7) is 0. The number of para-hydroxylation sites is 1. The van der Waals surface area contributed by atoms with Crippen LogP contribution in [-0.2, 0) is 10.0 Å². The highest BCUT2D eigenvalue weighted by Gasteiger charge is 2.23. The van der Waals surface area contributed by atoms with Gasteiger partial charge in [-0.15, -0.1) is 4.40 Å². The van der Waals surface area contributed by atoms with Gasteiger partial charge in [0.15, 0.2) is 0 Å². The summed E-state index contributed by atoms with van der Waals surface area (Å²) in [6, 6.07) is 16.6. The minimum absolute atomic E-state index is 0.223. The van der Waals surface area contributed by atoms with Gasteiger partial charge >= 0.3 is 0 Å². The van der Waals surface area contributed by atoms with Crippen molar-refractivity contribution in [3.8, 4) is 0 Å². The molecule has 0 saturated carbocycles. The lowest BCUT2D eigenvalue weighted by molar-refractivity contribution is 0.597. The summed E-state index contributed by atoms with van der Waals surface area (Å²) in [4.78, 5) is 0.223. The van der Waals surface area contributed by atoms with E-state index in [0.29, 0.717) is 17.9 Å². The van der Waals surface area contributed by atoms with E-state index in [1.165, 1.54) is 0 Å². The van der Waals surface area contributed by atoms with Crippen LogP contribution in [-0.4, -0.2) is 14.3 Å². The minimum atomic E-state index is -3.59. The summed E-state index contributed by atoms with van der Waals surface area (Å²) >= 11 is 0. The smallest absolute Gasteiger partial charge is 0.286 e. The molecule has 1 aliphatic heterocycles. The summed E-state index contributed by atoms with van der Waals surface area (Å²) in [7, 11) is -3.59. The van der Waals surface area contributed by atoms with E-state index in [4.69, 9.17) is 0 Å². The SMILES string of the molecule is O=S1(=O)N=C(CC=Cc2ccccc2)Nc2ccccc21. The van der Waals surface area contributed by atoms with Gasteiger partial charge in [-0.25, -0.2) is 0 Å². The molecule has 0 unspecified atom stereocenters. The third-order valence-electron chi connectivity index (χ3n) is 3.10. The van der Waals surface area contributed by atoms with Crippen LogP contribution >= 0.6 is 0 Å². The van der Waals surface area contributed by atoms with E-state index in [1.54, 1.807) is 24.3 Å². The molecular formula is C16H14N2O2S. The first-order valence-electron chi connectivity index (χ1n) is 6.57. The topological polar surface area (TPSA) is 58.5 Å². The summed E-state index contributed by atoms with van der Waals surface area (Å²) in [5.74, 6) is 0.431. The van der Waals surface area contributed by atoms with Gasteiger partial charge in [0.25, 0.3) is 10.0 Å². The fourth-order valence-electron chi connectivity index (χ4n) is 2.13. The van der Waals surface area contributed by atoms with E-state index < -0.39 is 10.0 Å². The second-order valence-electron chi connectivity index (χ2n) is 4.65. The maximum Gasteiger partial charge on any atom is 0.286 e. The van der Waals surface area contributed by atoms with Crippen molar-refractivity contribution in [1.29, 1.82) is 0 Å². The number of nitrogens with zero attached hydrogens (tertiary/aromatic N) is 1. The number of hydrogen-bond donors (Lipinski definition) is 1. The van der Waals surface area contributed by atoms with Crippen LogP contribution < -0.4 is 5.32 Å². The van der Waals surface area contributed by atoms with Crippen molar-refractivity contribution in [1.82, 2.24) is 0 Å². The van der Waals surface area contributed by atoms with E-state index in [9.17, 15) is 8.42 Å². The van der Waals surface area contributed by atoms with Crippen molar-refractivity contribution >= 4 is 27.6 Å². The molecule has 1 aliphatic rings. The molecule has 0 radical (unpaired) electrons. The first kappa shape index (κ1) is 13.6. The molecule has 0 amide bonds. The van der Waals surface area contributed by atoms with Gasteiger partial charge in [0.2, 0.25) is 0 Å². The normalized spacial score (nSPS) is 16.1. The highest BCUT2D eigenvalue weighted by molar-refractivity contribution is 7.90. The number of fused-ring (bicyclic) bond motifs is 1. The van der Waals surface area contributed by atoms with E-state index >= 15 is 0 Å². The Bertz CT molecular complexity index is 809. The molecule has 0 fully saturated rings. The Labute approximate surface area is 123 Å². The van der Waals surface area contributed by atoms with Crippen molar-refractivity contribution in [3.05, 3.63) is 66.2 Å². The van der Waals surface area contributed by atoms with Crippen LogP contribution in [0.2, 0.25) is 0 Å². The fraction of sp³-hybridized carbons (Fsp3) is 0.0625. The highest BCUT2D eigenvalue weighted by atomic mass is 32.2. The van der Waals surface area contributed by atoms with Crippen molar-refractivity contribution in [2.45, 2.75) is 11.3 Å². The molecule has 0 spiro atoms. The number of sulfonamides is 1. The number of nitrogens with one attached hydrogen (secondary N) is 1. The van der Waals surface area contributed by atoms with Gasteiger partial charge < -0.3 is 5.32 Å². The van der Waals surface area contributed by atoms with Crippen molar-refractivity contribution in [2.75, 3.05) is 5.32 Å². The van der Waals surface area contributed by atoms with Crippen LogP contribution in [0.4, 0.5) is 5.69 Å². The van der Waals surface area contributed by atoms with E-state index in [2.05, 4.69) is 9.71 Å². The number of anilines is 1. The first-order chi connectivity index (χ1) is 10.1. The third kappa shape index (κ3) is 3.03. The van der Waals surface area contributed by atoms with Crippen LogP contribution in [0.5, 0.6) is 0 Å². The zero-order valence-electron chi connectivity index (χ0n) is 11.2. The van der Waals surface area contributed by atoms with Crippen molar-refractivity contribution in [3.63, 3.8) is 0 Å². The quantitative estimate of drug-likeness (QED) is 0.945. The Morgan fingerprint density at radius 1 is 1.00 bits per heavy atom. The lowest BCUT2D eigenvalue weighted by atomic mass is 10.2. The Morgan fingerprint density at radius 3 is 2.52 bits per heavy atom. The monoisotopic (exact) mass is 298 g/mol. The maximum absolute atomic E-state index is 12.1. The lowest BCUT2D eigenvalue weighted by Crippen LogP contribution is -2.20. The predicted molar refractivity (Wildman–Crippen MR) is 84.8 cm³/mol. The second-order valence-corrected chi connectivity index (χ2v) is 6.22. The van der Waals surface area contributed by atoms with Gasteiger partial charge in [0, 0.05) is 6.42 Å². The molecule has 0 aliphatic carbocycles. The highest BCUT2D eigenvalue weighted by Crippen LogP contribution is 2.27. The number of rotatable bonds is 3. The average Bonchev–Trinajstić information content (AvgIpc) is 2.48. The van der Waals surface area contributed by atoms with Gasteiger partial charge in [-0.1, -0.05) is 54.6 Å². The zero-order valence-corrected chi connectivity index (χ0v) is 12.0. The molecule has 1 heterocycles. The summed E-state index contributed by atoms with van der Waals surface area (Å²) < 4.78 is 27.9. The largest absolute Gasteiger partial charge is 0.342 e. The van der Waals surface area contributed by atoms with Crippen molar-refractivity contribution in [2.24, 2.45) is 4.40 Å². The molecule has 0 atom stereocenters. The van der Waals surface area contributed by atoms with Crippen LogP contribution in [0, 0.1) is 0 Å². The van der Waals surface area contributed by atoms with E-state index in [1.807, 2.05) is 42.5 Å². The Kier molecular flexibility index (Phi) is 3.58. The molecule has 0 aromatic heterocycles. The lowest BCUT2D eigenvalue weighted by Gasteiger charge is -2.16. The molecule has 0 bridgehead atoms. The van der Waals surface area contributed by atoms with E-state index in [-0.39, 0.29) is 4.90 Å². The average molecular weight is 298 g/mol. The molecule has 0 saturated heterocycles. The van der Waals surface area contributed by atoms with Gasteiger partial charge in [0.05, 0.1) is 5.69 Å². The molecule has 4 nitrogen and oxygen atoms in total.